The minimum absolute atomic E-state index is 0.714. The Kier molecular flexibility index (Phi) is 6.11. The van der Waals surface area contributed by atoms with Crippen LogP contribution in [0.4, 0.5) is 0 Å². The standard InChI is InChI=1S/C16H33N3/c1-14-12-19(13-15(2)18(14)3)11-7-5-4-6-10-17-16-8-9-16/h14-17H,4-13H2,1-3H3. The highest BCUT2D eigenvalue weighted by Crippen LogP contribution is 2.18. The molecule has 0 radical (unpaired) electrons. The average molecular weight is 267 g/mol. The molecule has 2 atom stereocenters. The molecule has 0 bridgehead atoms. The van der Waals surface area contributed by atoms with Crippen LogP contribution in [0.3, 0.4) is 0 Å². The summed E-state index contributed by atoms with van der Waals surface area (Å²) < 4.78 is 0. The van der Waals surface area contributed by atoms with E-state index in [-0.39, 0.29) is 0 Å². The number of piperazine rings is 1. The van der Waals surface area contributed by atoms with E-state index in [0.29, 0.717) is 12.1 Å². The van der Waals surface area contributed by atoms with Gasteiger partial charge in [0.1, 0.15) is 0 Å². The maximum absolute atomic E-state index is 3.60. The number of nitrogens with zero attached hydrogens (tertiary/aromatic N) is 2. The van der Waals surface area contributed by atoms with Gasteiger partial charge in [0.2, 0.25) is 0 Å². The van der Waals surface area contributed by atoms with E-state index in [9.17, 15) is 0 Å². The first-order valence-corrected chi connectivity index (χ1v) is 8.34. The van der Waals surface area contributed by atoms with E-state index in [4.69, 9.17) is 0 Å². The van der Waals surface area contributed by atoms with Crippen molar-refractivity contribution < 1.29 is 0 Å². The fourth-order valence-electron chi connectivity index (χ4n) is 3.10. The zero-order valence-electron chi connectivity index (χ0n) is 13.2. The largest absolute Gasteiger partial charge is 0.314 e. The molecule has 2 unspecified atom stereocenters. The molecule has 1 saturated carbocycles. The van der Waals surface area contributed by atoms with Crippen LogP contribution in [0.15, 0.2) is 0 Å². The fraction of sp³-hybridized carbons (Fsp3) is 1.00. The lowest BCUT2D eigenvalue weighted by atomic mass is 10.1. The Bertz CT molecular complexity index is 240. The van der Waals surface area contributed by atoms with Gasteiger partial charge in [0.15, 0.2) is 0 Å². The molecular weight excluding hydrogens is 234 g/mol. The van der Waals surface area contributed by atoms with Crippen LogP contribution in [0.5, 0.6) is 0 Å². The Morgan fingerprint density at radius 1 is 0.947 bits per heavy atom. The highest BCUT2D eigenvalue weighted by atomic mass is 15.3. The third-order valence-corrected chi connectivity index (χ3v) is 4.85. The van der Waals surface area contributed by atoms with Crippen LogP contribution in [0.2, 0.25) is 0 Å². The maximum Gasteiger partial charge on any atom is 0.0195 e. The first kappa shape index (κ1) is 15.3. The van der Waals surface area contributed by atoms with Gasteiger partial charge >= 0.3 is 0 Å². The topological polar surface area (TPSA) is 18.5 Å². The minimum Gasteiger partial charge on any atom is -0.314 e. The van der Waals surface area contributed by atoms with Gasteiger partial charge in [-0.2, -0.15) is 0 Å². The van der Waals surface area contributed by atoms with E-state index in [1.54, 1.807) is 0 Å². The van der Waals surface area contributed by atoms with Gasteiger partial charge in [0, 0.05) is 31.2 Å². The fourth-order valence-corrected chi connectivity index (χ4v) is 3.10. The molecule has 2 aliphatic rings. The summed E-state index contributed by atoms with van der Waals surface area (Å²) in [7, 11) is 2.26. The Balaban J connectivity index is 1.46. The van der Waals surface area contributed by atoms with E-state index in [2.05, 4.69) is 36.0 Å². The average Bonchev–Trinajstić information content (AvgIpc) is 3.18. The van der Waals surface area contributed by atoms with E-state index in [1.807, 2.05) is 0 Å². The van der Waals surface area contributed by atoms with E-state index in [1.165, 1.54) is 64.7 Å². The van der Waals surface area contributed by atoms with Crippen molar-refractivity contribution in [1.82, 2.24) is 15.1 Å². The summed E-state index contributed by atoms with van der Waals surface area (Å²) in [5.74, 6) is 0. The van der Waals surface area contributed by atoms with Crippen molar-refractivity contribution in [2.45, 2.75) is 70.5 Å². The minimum atomic E-state index is 0.714. The van der Waals surface area contributed by atoms with Crippen molar-refractivity contribution in [3.8, 4) is 0 Å². The number of rotatable bonds is 8. The van der Waals surface area contributed by atoms with Crippen LogP contribution < -0.4 is 5.32 Å². The molecule has 1 heterocycles. The second kappa shape index (κ2) is 7.61. The molecule has 0 spiro atoms. The van der Waals surface area contributed by atoms with Gasteiger partial charge in [0.05, 0.1) is 0 Å². The summed E-state index contributed by atoms with van der Waals surface area (Å²) in [6, 6.07) is 2.31. The summed E-state index contributed by atoms with van der Waals surface area (Å²) in [5.41, 5.74) is 0. The smallest absolute Gasteiger partial charge is 0.0195 e. The van der Waals surface area contributed by atoms with Crippen molar-refractivity contribution in [3.63, 3.8) is 0 Å². The molecule has 3 nitrogen and oxygen atoms in total. The second-order valence-corrected chi connectivity index (χ2v) is 6.77. The normalized spacial score (nSPS) is 29.8. The first-order valence-electron chi connectivity index (χ1n) is 8.34. The van der Waals surface area contributed by atoms with Gasteiger partial charge < -0.3 is 10.2 Å². The van der Waals surface area contributed by atoms with Crippen LogP contribution in [0, 0.1) is 0 Å². The number of unbranched alkanes of at least 4 members (excludes halogenated alkanes) is 3. The molecule has 0 amide bonds. The Morgan fingerprint density at radius 2 is 1.58 bits per heavy atom. The van der Waals surface area contributed by atoms with Crippen molar-refractivity contribution in [1.29, 1.82) is 0 Å². The summed E-state index contributed by atoms with van der Waals surface area (Å²) in [5, 5.41) is 3.60. The van der Waals surface area contributed by atoms with Crippen LogP contribution in [0.1, 0.15) is 52.4 Å². The van der Waals surface area contributed by atoms with Crippen molar-refractivity contribution in [2.75, 3.05) is 33.2 Å². The highest BCUT2D eigenvalue weighted by Gasteiger charge is 2.25. The Labute approximate surface area is 119 Å². The molecule has 1 aliphatic heterocycles. The predicted molar refractivity (Wildman–Crippen MR) is 82.6 cm³/mol. The molecule has 1 aliphatic carbocycles. The third kappa shape index (κ3) is 5.41. The lowest BCUT2D eigenvalue weighted by Gasteiger charge is -2.42. The molecular formula is C16H33N3. The van der Waals surface area contributed by atoms with Crippen LogP contribution in [0.25, 0.3) is 0 Å². The molecule has 19 heavy (non-hydrogen) atoms. The summed E-state index contributed by atoms with van der Waals surface area (Å²) in [4.78, 5) is 5.18. The molecule has 1 saturated heterocycles. The van der Waals surface area contributed by atoms with Gasteiger partial charge in [-0.15, -0.1) is 0 Å². The van der Waals surface area contributed by atoms with Crippen molar-refractivity contribution in [2.24, 2.45) is 0 Å². The molecule has 0 aromatic rings. The molecule has 0 aromatic heterocycles. The number of likely N-dealkylation sites (N-methyl/N-ethyl adjacent to an activating group) is 1. The quantitative estimate of drug-likeness (QED) is 0.681. The Hall–Kier alpha value is -0.120. The number of hydrogen-bond acceptors (Lipinski definition) is 3. The van der Waals surface area contributed by atoms with E-state index >= 15 is 0 Å². The SMILES string of the molecule is CC1CN(CCCCCCNC2CC2)CC(C)N1C. The van der Waals surface area contributed by atoms with Gasteiger partial charge in [-0.05, 0) is 59.7 Å². The summed E-state index contributed by atoms with van der Waals surface area (Å²) in [6.45, 7) is 9.76. The lowest BCUT2D eigenvalue weighted by Crippen LogP contribution is -2.54. The molecule has 1 N–H and O–H groups in total. The van der Waals surface area contributed by atoms with Crippen molar-refractivity contribution in [3.05, 3.63) is 0 Å². The van der Waals surface area contributed by atoms with Crippen LogP contribution in [-0.2, 0) is 0 Å². The monoisotopic (exact) mass is 267 g/mol. The van der Waals surface area contributed by atoms with Gasteiger partial charge in [0.25, 0.3) is 0 Å². The summed E-state index contributed by atoms with van der Waals surface area (Å²) in [6.07, 6.45) is 8.39. The van der Waals surface area contributed by atoms with E-state index in [0.717, 1.165) is 6.04 Å². The van der Waals surface area contributed by atoms with Crippen molar-refractivity contribution >= 4 is 0 Å². The number of nitrogens with one attached hydrogen (secondary N) is 1. The van der Waals surface area contributed by atoms with Crippen LogP contribution >= 0.6 is 0 Å². The molecule has 0 aromatic carbocycles. The van der Waals surface area contributed by atoms with Gasteiger partial charge in [-0.25, -0.2) is 0 Å². The third-order valence-electron chi connectivity index (χ3n) is 4.85. The zero-order valence-corrected chi connectivity index (χ0v) is 13.2. The molecule has 112 valence electrons. The molecule has 2 fully saturated rings. The molecule has 3 heteroatoms. The molecule has 2 rings (SSSR count). The first-order chi connectivity index (χ1) is 9.16. The van der Waals surface area contributed by atoms with Crippen LogP contribution in [-0.4, -0.2) is 61.2 Å². The summed E-state index contributed by atoms with van der Waals surface area (Å²) >= 11 is 0. The number of hydrogen-bond donors (Lipinski definition) is 1. The maximum atomic E-state index is 3.60. The van der Waals surface area contributed by atoms with E-state index < -0.39 is 0 Å². The Morgan fingerprint density at radius 3 is 2.21 bits per heavy atom. The lowest BCUT2D eigenvalue weighted by molar-refractivity contribution is 0.0591. The zero-order chi connectivity index (χ0) is 13.7. The predicted octanol–water partition coefficient (Wildman–Crippen LogP) is 2.32. The second-order valence-electron chi connectivity index (χ2n) is 6.77. The van der Waals surface area contributed by atoms with Gasteiger partial charge in [-0.3, -0.25) is 4.90 Å². The highest BCUT2D eigenvalue weighted by molar-refractivity contribution is 4.82. The van der Waals surface area contributed by atoms with Gasteiger partial charge in [-0.1, -0.05) is 12.8 Å².